The summed E-state index contributed by atoms with van der Waals surface area (Å²) in [6.45, 7) is -0.0512. The zero-order valence-corrected chi connectivity index (χ0v) is 22.8. The number of aromatic nitrogens is 2. The molecule has 2 heterocycles. The molecule has 0 radical (unpaired) electrons. The van der Waals surface area contributed by atoms with E-state index in [-0.39, 0.29) is 30.3 Å². The average Bonchev–Trinajstić information content (AvgIpc) is 3.62. The first-order chi connectivity index (χ1) is 19.9. The third kappa shape index (κ3) is 6.60. The summed E-state index contributed by atoms with van der Waals surface area (Å²) in [7, 11) is 1.63. The second kappa shape index (κ2) is 12.5. The molecule has 0 spiro atoms. The van der Waals surface area contributed by atoms with Crippen molar-refractivity contribution < 1.29 is 19.2 Å². The topological polar surface area (TPSA) is 136 Å². The van der Waals surface area contributed by atoms with Crippen molar-refractivity contribution in [3.63, 3.8) is 0 Å². The highest BCUT2D eigenvalue weighted by atomic mass is 16.2. The molecule has 4 aromatic rings. The van der Waals surface area contributed by atoms with Crippen molar-refractivity contribution in [2.45, 2.75) is 38.1 Å². The number of carbonyl (C=O) groups is 4. The van der Waals surface area contributed by atoms with Gasteiger partial charge < -0.3 is 15.6 Å². The van der Waals surface area contributed by atoms with Crippen LogP contribution in [0.5, 0.6) is 0 Å². The van der Waals surface area contributed by atoms with Crippen LogP contribution in [0.2, 0.25) is 0 Å². The van der Waals surface area contributed by atoms with E-state index < -0.39 is 6.03 Å². The molecule has 0 unspecified atom stereocenters. The Kier molecular flexibility index (Phi) is 8.38. The number of benzene rings is 3. The van der Waals surface area contributed by atoms with Crippen molar-refractivity contribution in [2.75, 3.05) is 18.5 Å². The molecule has 0 aliphatic carbocycles. The fourth-order valence-electron chi connectivity index (χ4n) is 4.91. The minimum absolute atomic E-state index is 0.0140. The summed E-state index contributed by atoms with van der Waals surface area (Å²) >= 11 is 0. The number of rotatable bonds is 11. The average molecular weight is 553 g/mol. The van der Waals surface area contributed by atoms with Gasteiger partial charge in [0.05, 0.1) is 17.9 Å². The van der Waals surface area contributed by atoms with Crippen molar-refractivity contribution >= 4 is 40.2 Å². The molecule has 1 aromatic heterocycles. The van der Waals surface area contributed by atoms with Crippen LogP contribution in [0.15, 0.2) is 72.9 Å². The molecule has 1 aliphatic heterocycles. The predicted octanol–water partition coefficient (Wildman–Crippen LogP) is 4.45. The molecule has 5 rings (SSSR count). The third-order valence-electron chi connectivity index (χ3n) is 7.20. The Bertz CT molecular complexity index is 1580. The molecule has 10 nitrogen and oxygen atoms in total. The summed E-state index contributed by atoms with van der Waals surface area (Å²) in [5.74, 6) is 0.0193. The lowest BCUT2D eigenvalue weighted by atomic mass is 10.0. The molecule has 5 amide bonds. The van der Waals surface area contributed by atoms with Crippen molar-refractivity contribution in [2.24, 2.45) is 0 Å². The smallest absolute Gasteiger partial charge is 0.329 e. The fourth-order valence-corrected chi connectivity index (χ4v) is 4.91. The van der Waals surface area contributed by atoms with Gasteiger partial charge >= 0.3 is 6.03 Å². The second-order valence-electron chi connectivity index (χ2n) is 10.0. The monoisotopic (exact) mass is 552 g/mol. The van der Waals surface area contributed by atoms with Gasteiger partial charge in [-0.3, -0.25) is 24.6 Å². The predicted molar refractivity (Wildman–Crippen MR) is 156 cm³/mol. The number of urea groups is 1. The van der Waals surface area contributed by atoms with Crippen LogP contribution in [0.3, 0.4) is 0 Å². The van der Waals surface area contributed by atoms with Gasteiger partial charge in [0.1, 0.15) is 12.4 Å². The number of imidazole rings is 1. The van der Waals surface area contributed by atoms with Crippen molar-refractivity contribution in [3.8, 4) is 11.3 Å². The number of imide groups is 1. The number of nitrogens with zero attached hydrogens (tertiary/aromatic N) is 2. The molecule has 1 fully saturated rings. The molecule has 10 heteroatoms. The van der Waals surface area contributed by atoms with E-state index in [0.29, 0.717) is 29.9 Å². The molecule has 1 saturated heterocycles. The summed E-state index contributed by atoms with van der Waals surface area (Å²) in [5.41, 5.74) is 2.81. The molecule has 1 aliphatic rings. The standard InChI is InChI=1S/C31H32N6O4/c1-32-27(38)10-4-2-3-9-25(29-33-18-26(34-29)23-12-11-20-7-5-6-8-22(20)17-23)35-30(40)21-13-15-24(16-14-21)37-19-28(39)36-31(37)41/h5-8,11-18,25H,2-4,9-10,19H2,1H3,(H,32,38)(H,33,34)(H,35,40)(H,36,39,41)/t25-/m0/s1. The molecular weight excluding hydrogens is 520 g/mol. The fraction of sp³-hybridized carbons (Fsp3) is 0.258. The van der Waals surface area contributed by atoms with E-state index >= 15 is 0 Å². The zero-order valence-electron chi connectivity index (χ0n) is 22.8. The number of hydrogen-bond acceptors (Lipinski definition) is 5. The molecule has 0 saturated carbocycles. The summed E-state index contributed by atoms with van der Waals surface area (Å²) in [6.07, 6.45) is 5.27. The molecule has 4 N–H and O–H groups in total. The van der Waals surface area contributed by atoms with Gasteiger partial charge in [-0.05, 0) is 53.9 Å². The number of aromatic amines is 1. The van der Waals surface area contributed by atoms with Crippen LogP contribution in [0, 0.1) is 0 Å². The van der Waals surface area contributed by atoms with E-state index in [1.54, 1.807) is 37.5 Å². The van der Waals surface area contributed by atoms with Gasteiger partial charge in [-0.2, -0.15) is 0 Å². The second-order valence-corrected chi connectivity index (χ2v) is 10.0. The molecular formula is C31H32N6O4. The summed E-state index contributed by atoms with van der Waals surface area (Å²) in [6, 6.07) is 20.1. The molecule has 210 valence electrons. The van der Waals surface area contributed by atoms with Gasteiger partial charge in [-0.1, -0.05) is 49.2 Å². The van der Waals surface area contributed by atoms with Gasteiger partial charge in [0.2, 0.25) is 11.8 Å². The quantitative estimate of drug-likeness (QED) is 0.161. The van der Waals surface area contributed by atoms with Crippen LogP contribution < -0.4 is 20.9 Å². The van der Waals surface area contributed by atoms with Crippen LogP contribution in [-0.4, -0.2) is 47.3 Å². The number of anilines is 1. The Hall–Kier alpha value is -4.99. The molecule has 1 atom stereocenters. The van der Waals surface area contributed by atoms with Gasteiger partial charge in [-0.25, -0.2) is 9.78 Å². The van der Waals surface area contributed by atoms with E-state index in [1.807, 2.05) is 18.2 Å². The highest BCUT2D eigenvalue weighted by Gasteiger charge is 2.28. The third-order valence-corrected chi connectivity index (χ3v) is 7.20. The number of nitrogens with one attached hydrogen (secondary N) is 4. The lowest BCUT2D eigenvalue weighted by Gasteiger charge is -2.18. The van der Waals surface area contributed by atoms with Crippen molar-refractivity contribution in [3.05, 3.63) is 84.3 Å². The van der Waals surface area contributed by atoms with E-state index in [9.17, 15) is 19.2 Å². The Morgan fingerprint density at radius 1 is 0.976 bits per heavy atom. The number of H-pyrrole nitrogens is 1. The lowest BCUT2D eigenvalue weighted by Crippen LogP contribution is -2.30. The number of amides is 5. The number of unbranched alkanes of at least 4 members (excludes halogenated alkanes) is 2. The van der Waals surface area contributed by atoms with Crippen LogP contribution in [0.25, 0.3) is 22.0 Å². The Morgan fingerprint density at radius 2 is 1.76 bits per heavy atom. The van der Waals surface area contributed by atoms with E-state index in [1.165, 1.54) is 4.90 Å². The normalized spacial score (nSPS) is 13.7. The van der Waals surface area contributed by atoms with Crippen LogP contribution in [-0.2, 0) is 9.59 Å². The Labute approximate surface area is 237 Å². The minimum atomic E-state index is -0.483. The SMILES string of the molecule is CNC(=O)CCCCC[C@H](NC(=O)c1ccc(N2CC(=O)NC2=O)cc1)c1ncc(-c2ccc3ccccc3c2)[nH]1. The molecule has 3 aromatic carbocycles. The number of carbonyl (C=O) groups excluding carboxylic acids is 4. The largest absolute Gasteiger partial charge is 0.359 e. The van der Waals surface area contributed by atoms with Crippen LogP contribution in [0.4, 0.5) is 10.5 Å². The van der Waals surface area contributed by atoms with Gasteiger partial charge in [0.15, 0.2) is 0 Å². The van der Waals surface area contributed by atoms with Gasteiger partial charge in [0, 0.05) is 30.3 Å². The number of fused-ring (bicyclic) bond motifs is 1. The van der Waals surface area contributed by atoms with E-state index in [4.69, 9.17) is 0 Å². The maximum absolute atomic E-state index is 13.3. The first-order valence-electron chi connectivity index (χ1n) is 13.7. The highest BCUT2D eigenvalue weighted by molar-refractivity contribution is 6.12. The lowest BCUT2D eigenvalue weighted by molar-refractivity contribution is -0.120. The van der Waals surface area contributed by atoms with Crippen molar-refractivity contribution in [1.29, 1.82) is 0 Å². The Balaban J connectivity index is 1.31. The molecule has 0 bridgehead atoms. The maximum Gasteiger partial charge on any atom is 0.329 e. The minimum Gasteiger partial charge on any atom is -0.359 e. The highest BCUT2D eigenvalue weighted by Crippen LogP contribution is 2.26. The summed E-state index contributed by atoms with van der Waals surface area (Å²) in [4.78, 5) is 57.7. The van der Waals surface area contributed by atoms with E-state index in [0.717, 1.165) is 41.3 Å². The Morgan fingerprint density at radius 3 is 2.49 bits per heavy atom. The first-order valence-corrected chi connectivity index (χ1v) is 13.7. The maximum atomic E-state index is 13.3. The first kappa shape index (κ1) is 27.6. The van der Waals surface area contributed by atoms with Crippen LogP contribution >= 0.6 is 0 Å². The molecule has 41 heavy (non-hydrogen) atoms. The van der Waals surface area contributed by atoms with E-state index in [2.05, 4.69) is 50.2 Å². The van der Waals surface area contributed by atoms with Gasteiger partial charge in [-0.15, -0.1) is 0 Å². The zero-order chi connectivity index (χ0) is 28.8. The number of hydrogen-bond donors (Lipinski definition) is 4. The van der Waals surface area contributed by atoms with Gasteiger partial charge in [0.25, 0.3) is 5.91 Å². The summed E-state index contributed by atoms with van der Waals surface area (Å²) < 4.78 is 0. The van der Waals surface area contributed by atoms with Crippen molar-refractivity contribution in [1.82, 2.24) is 25.9 Å². The summed E-state index contributed by atoms with van der Waals surface area (Å²) in [5, 5.41) is 10.3. The van der Waals surface area contributed by atoms with Crippen LogP contribution in [0.1, 0.15) is 54.3 Å².